The van der Waals surface area contributed by atoms with Crippen LogP contribution in [0.15, 0.2) is 6.33 Å². The standard InChI is InChI=1S/C10H14N6O3/c11-8-7-9(15-10(12)14-8)16(3-13-7)6-1-4(18)5(2-17)19-6/h3-6,17-18H,1-2H2,(H4,11,12,14,15)/t4-,5?,6?/m0/s1. The van der Waals surface area contributed by atoms with Crippen molar-refractivity contribution in [2.45, 2.75) is 24.9 Å². The molecule has 0 radical (unpaired) electrons. The Morgan fingerprint density at radius 2 is 2.21 bits per heavy atom. The molecule has 0 amide bonds. The van der Waals surface area contributed by atoms with Crippen LogP contribution in [0.3, 0.4) is 0 Å². The Bertz CT molecular complexity index is 615. The average molecular weight is 266 g/mol. The summed E-state index contributed by atoms with van der Waals surface area (Å²) in [5.74, 6) is 0.238. The predicted octanol–water partition coefficient (Wildman–Crippen LogP) is -1.37. The van der Waals surface area contributed by atoms with E-state index in [1.54, 1.807) is 4.57 Å². The van der Waals surface area contributed by atoms with E-state index in [1.807, 2.05) is 0 Å². The minimum Gasteiger partial charge on any atom is -0.394 e. The largest absolute Gasteiger partial charge is 0.394 e. The Hall–Kier alpha value is -1.97. The Balaban J connectivity index is 2.02. The SMILES string of the molecule is Nc1nc(N)c2ncn(C3C[C@H](O)C(CO)O3)c2n1. The van der Waals surface area contributed by atoms with Gasteiger partial charge in [0.2, 0.25) is 5.95 Å². The molecular formula is C10H14N6O3. The van der Waals surface area contributed by atoms with E-state index in [1.165, 1.54) is 6.33 Å². The second-order valence-corrected chi connectivity index (χ2v) is 4.41. The maximum Gasteiger partial charge on any atom is 0.224 e. The van der Waals surface area contributed by atoms with Crippen molar-refractivity contribution in [2.24, 2.45) is 0 Å². The smallest absolute Gasteiger partial charge is 0.224 e. The minimum atomic E-state index is -0.732. The molecule has 0 aromatic carbocycles. The second-order valence-electron chi connectivity index (χ2n) is 4.41. The Labute approximate surface area is 107 Å². The van der Waals surface area contributed by atoms with E-state index in [4.69, 9.17) is 21.3 Å². The molecule has 1 aliphatic rings. The monoisotopic (exact) mass is 266 g/mol. The molecule has 3 atom stereocenters. The third kappa shape index (κ3) is 1.87. The van der Waals surface area contributed by atoms with Crippen LogP contribution in [0.4, 0.5) is 11.8 Å². The summed E-state index contributed by atoms with van der Waals surface area (Å²) in [6.07, 6.45) is 0.0288. The van der Waals surface area contributed by atoms with Crippen molar-refractivity contribution >= 4 is 22.9 Å². The van der Waals surface area contributed by atoms with Crippen LogP contribution in [0.2, 0.25) is 0 Å². The number of nitrogen functional groups attached to an aromatic ring is 2. The maximum absolute atomic E-state index is 9.74. The molecule has 2 aromatic rings. The highest BCUT2D eigenvalue weighted by Crippen LogP contribution is 2.31. The number of nitrogens with zero attached hydrogens (tertiary/aromatic N) is 4. The van der Waals surface area contributed by atoms with E-state index in [-0.39, 0.29) is 18.4 Å². The number of aliphatic hydroxyl groups excluding tert-OH is 2. The fourth-order valence-corrected chi connectivity index (χ4v) is 2.22. The summed E-state index contributed by atoms with van der Waals surface area (Å²) in [4.78, 5) is 12.0. The fraction of sp³-hybridized carbons (Fsp3) is 0.500. The normalized spacial score (nSPS) is 27.2. The average Bonchev–Trinajstić information content (AvgIpc) is 2.92. The van der Waals surface area contributed by atoms with Crippen LogP contribution < -0.4 is 11.5 Å². The molecule has 6 N–H and O–H groups in total. The van der Waals surface area contributed by atoms with Crippen LogP contribution in [0.1, 0.15) is 12.6 Å². The summed E-state index contributed by atoms with van der Waals surface area (Å²) < 4.78 is 7.16. The van der Waals surface area contributed by atoms with Gasteiger partial charge in [0.05, 0.1) is 19.0 Å². The molecule has 0 aliphatic carbocycles. The zero-order chi connectivity index (χ0) is 13.6. The molecule has 19 heavy (non-hydrogen) atoms. The van der Waals surface area contributed by atoms with Crippen LogP contribution in [-0.2, 0) is 4.74 Å². The number of hydrogen-bond donors (Lipinski definition) is 4. The van der Waals surface area contributed by atoms with Gasteiger partial charge in [-0.15, -0.1) is 0 Å². The van der Waals surface area contributed by atoms with E-state index in [9.17, 15) is 5.11 Å². The molecule has 102 valence electrons. The summed E-state index contributed by atoms with van der Waals surface area (Å²) in [6, 6.07) is 0. The van der Waals surface area contributed by atoms with Crippen LogP contribution in [0, 0.1) is 0 Å². The minimum absolute atomic E-state index is 0.0454. The zero-order valence-corrected chi connectivity index (χ0v) is 9.97. The van der Waals surface area contributed by atoms with Crippen molar-refractivity contribution < 1.29 is 14.9 Å². The highest BCUT2D eigenvalue weighted by molar-refractivity contribution is 5.82. The molecule has 0 saturated carbocycles. The first-order chi connectivity index (χ1) is 9.10. The number of rotatable bonds is 2. The number of imidazole rings is 1. The van der Waals surface area contributed by atoms with Crippen molar-refractivity contribution in [1.29, 1.82) is 0 Å². The number of ether oxygens (including phenoxy) is 1. The van der Waals surface area contributed by atoms with Gasteiger partial charge in [-0.05, 0) is 0 Å². The molecule has 0 spiro atoms. The van der Waals surface area contributed by atoms with Gasteiger partial charge in [0, 0.05) is 6.42 Å². The molecule has 3 heterocycles. The van der Waals surface area contributed by atoms with E-state index >= 15 is 0 Å². The van der Waals surface area contributed by atoms with Gasteiger partial charge in [-0.2, -0.15) is 9.97 Å². The van der Waals surface area contributed by atoms with Gasteiger partial charge in [-0.3, -0.25) is 4.57 Å². The first kappa shape index (κ1) is 12.1. The molecule has 9 heteroatoms. The summed E-state index contributed by atoms with van der Waals surface area (Å²) in [5, 5.41) is 18.8. The highest BCUT2D eigenvalue weighted by atomic mass is 16.5. The molecule has 1 fully saturated rings. The van der Waals surface area contributed by atoms with E-state index in [0.29, 0.717) is 17.6 Å². The molecule has 0 bridgehead atoms. The number of anilines is 2. The van der Waals surface area contributed by atoms with Gasteiger partial charge in [0.25, 0.3) is 0 Å². The quantitative estimate of drug-likeness (QED) is 0.521. The summed E-state index contributed by atoms with van der Waals surface area (Å²) in [5.41, 5.74) is 12.1. The molecular weight excluding hydrogens is 252 g/mol. The highest BCUT2D eigenvalue weighted by Gasteiger charge is 2.35. The number of nitrogens with two attached hydrogens (primary N) is 2. The second kappa shape index (κ2) is 4.30. The van der Waals surface area contributed by atoms with Crippen LogP contribution in [-0.4, -0.2) is 48.5 Å². The van der Waals surface area contributed by atoms with Gasteiger partial charge in [0.15, 0.2) is 11.5 Å². The zero-order valence-electron chi connectivity index (χ0n) is 9.97. The lowest BCUT2D eigenvalue weighted by molar-refractivity contribution is -0.0432. The maximum atomic E-state index is 9.74. The molecule has 2 unspecified atom stereocenters. The first-order valence-electron chi connectivity index (χ1n) is 5.80. The third-order valence-corrected chi connectivity index (χ3v) is 3.16. The van der Waals surface area contributed by atoms with Crippen molar-refractivity contribution in [1.82, 2.24) is 19.5 Å². The predicted molar refractivity (Wildman–Crippen MR) is 65.8 cm³/mol. The number of fused-ring (bicyclic) bond motifs is 1. The molecule has 3 rings (SSSR count). The number of aromatic nitrogens is 4. The summed E-state index contributed by atoms with van der Waals surface area (Å²) >= 11 is 0. The Kier molecular flexibility index (Phi) is 2.73. The Morgan fingerprint density at radius 3 is 2.89 bits per heavy atom. The first-order valence-corrected chi connectivity index (χ1v) is 5.80. The molecule has 1 saturated heterocycles. The molecule has 9 nitrogen and oxygen atoms in total. The fourth-order valence-electron chi connectivity index (χ4n) is 2.22. The summed E-state index contributed by atoms with van der Waals surface area (Å²) in [6.45, 7) is -0.246. The van der Waals surface area contributed by atoms with Crippen LogP contribution in [0.25, 0.3) is 11.2 Å². The topological polar surface area (TPSA) is 145 Å². The third-order valence-electron chi connectivity index (χ3n) is 3.16. The lowest BCUT2D eigenvalue weighted by atomic mass is 10.2. The van der Waals surface area contributed by atoms with Gasteiger partial charge < -0.3 is 26.4 Å². The van der Waals surface area contributed by atoms with E-state index in [2.05, 4.69) is 15.0 Å². The van der Waals surface area contributed by atoms with E-state index in [0.717, 1.165) is 0 Å². The van der Waals surface area contributed by atoms with Gasteiger partial charge in [0.1, 0.15) is 17.8 Å². The van der Waals surface area contributed by atoms with Crippen molar-refractivity contribution in [3.63, 3.8) is 0 Å². The lowest BCUT2D eigenvalue weighted by Gasteiger charge is -2.13. The Morgan fingerprint density at radius 1 is 1.42 bits per heavy atom. The van der Waals surface area contributed by atoms with Crippen LogP contribution >= 0.6 is 0 Å². The lowest BCUT2D eigenvalue weighted by Crippen LogP contribution is -2.24. The van der Waals surface area contributed by atoms with E-state index < -0.39 is 18.4 Å². The van der Waals surface area contributed by atoms with Gasteiger partial charge >= 0.3 is 0 Å². The van der Waals surface area contributed by atoms with Crippen molar-refractivity contribution in [2.75, 3.05) is 18.1 Å². The summed E-state index contributed by atoms with van der Waals surface area (Å²) in [7, 11) is 0. The van der Waals surface area contributed by atoms with Gasteiger partial charge in [-0.1, -0.05) is 0 Å². The van der Waals surface area contributed by atoms with Crippen molar-refractivity contribution in [3.05, 3.63) is 6.33 Å². The van der Waals surface area contributed by atoms with Gasteiger partial charge in [-0.25, -0.2) is 4.98 Å². The van der Waals surface area contributed by atoms with Crippen LogP contribution in [0.5, 0.6) is 0 Å². The number of aliphatic hydroxyl groups is 2. The van der Waals surface area contributed by atoms with Crippen molar-refractivity contribution in [3.8, 4) is 0 Å². The number of hydrogen-bond acceptors (Lipinski definition) is 8. The molecule has 2 aromatic heterocycles. The molecule has 1 aliphatic heterocycles.